The molecule has 2 aromatic carbocycles. The molecule has 3 rings (SSSR count). The van der Waals surface area contributed by atoms with E-state index in [1.165, 1.54) is 0 Å². The first-order valence-corrected chi connectivity index (χ1v) is 10.4. The summed E-state index contributed by atoms with van der Waals surface area (Å²) in [5.41, 5.74) is 23.1. The molecule has 1 aliphatic heterocycles. The molecule has 32 heavy (non-hydrogen) atoms. The van der Waals surface area contributed by atoms with E-state index in [0.29, 0.717) is 23.5 Å². The third-order valence-electron chi connectivity index (χ3n) is 5.25. The minimum Gasteiger partial charge on any atom is -0.324 e. The summed E-state index contributed by atoms with van der Waals surface area (Å²) in [5.74, 6) is -1.10. The number of aliphatic imine (C=N–C) groups is 1. The summed E-state index contributed by atoms with van der Waals surface area (Å²) in [6.45, 7) is -0.0451. The van der Waals surface area contributed by atoms with Gasteiger partial charge >= 0.3 is 0 Å². The number of amidine groups is 1. The lowest BCUT2D eigenvalue weighted by Crippen LogP contribution is -2.54. The first kappa shape index (κ1) is 23.5. The second-order valence-electron chi connectivity index (χ2n) is 7.65. The van der Waals surface area contributed by atoms with Crippen molar-refractivity contribution in [1.82, 2.24) is 16.1 Å². The maximum absolute atomic E-state index is 12.5. The van der Waals surface area contributed by atoms with Crippen molar-refractivity contribution >= 4 is 23.1 Å². The molecule has 170 valence electrons. The maximum Gasteiger partial charge on any atom is 0.246 e. The molecular formula is C22H31N9O. The zero-order valence-corrected chi connectivity index (χ0v) is 18.3. The number of hydrogen-bond acceptors (Lipinski definition) is 8. The highest BCUT2D eigenvalue weighted by Gasteiger charge is 2.31. The third-order valence-corrected chi connectivity index (χ3v) is 5.25. The van der Waals surface area contributed by atoms with Crippen molar-refractivity contribution in [3.05, 3.63) is 65.7 Å². The predicted molar refractivity (Wildman–Crippen MR) is 128 cm³/mol. The van der Waals surface area contributed by atoms with E-state index in [0.717, 1.165) is 11.3 Å². The smallest absolute Gasteiger partial charge is 0.246 e. The Morgan fingerprint density at radius 3 is 2.34 bits per heavy atom. The van der Waals surface area contributed by atoms with Gasteiger partial charge in [-0.05, 0) is 38.2 Å². The van der Waals surface area contributed by atoms with E-state index >= 15 is 0 Å². The van der Waals surface area contributed by atoms with E-state index in [4.69, 9.17) is 17.2 Å². The van der Waals surface area contributed by atoms with Gasteiger partial charge in [-0.25, -0.2) is 0 Å². The fourth-order valence-corrected chi connectivity index (χ4v) is 3.46. The third kappa shape index (κ3) is 5.96. The second kappa shape index (κ2) is 10.4. The zero-order chi connectivity index (χ0) is 23.1. The van der Waals surface area contributed by atoms with Gasteiger partial charge in [0.1, 0.15) is 18.2 Å². The van der Waals surface area contributed by atoms with Gasteiger partial charge in [0, 0.05) is 11.3 Å². The number of carbonyl (C=O) groups excluding carboxylic acids is 1. The lowest BCUT2D eigenvalue weighted by molar-refractivity contribution is -0.114. The molecule has 0 spiro atoms. The molecule has 2 aromatic rings. The summed E-state index contributed by atoms with van der Waals surface area (Å²) in [5, 5.41) is 13.8. The Morgan fingerprint density at radius 1 is 1.09 bits per heavy atom. The molecule has 10 nitrogen and oxygen atoms in total. The second-order valence-corrected chi connectivity index (χ2v) is 7.65. The molecule has 1 unspecified atom stereocenters. The van der Waals surface area contributed by atoms with Crippen LogP contribution < -0.4 is 38.6 Å². The molecular weight excluding hydrogens is 406 g/mol. The van der Waals surface area contributed by atoms with Crippen LogP contribution in [0.25, 0.3) is 0 Å². The van der Waals surface area contributed by atoms with Crippen LogP contribution in [0.15, 0.2) is 64.7 Å². The minimum absolute atomic E-state index is 0.0451. The van der Waals surface area contributed by atoms with Crippen molar-refractivity contribution in [3.63, 3.8) is 0 Å². The van der Waals surface area contributed by atoms with Gasteiger partial charge in [0.25, 0.3) is 0 Å². The van der Waals surface area contributed by atoms with Crippen molar-refractivity contribution in [2.24, 2.45) is 33.2 Å². The highest BCUT2D eigenvalue weighted by Crippen LogP contribution is 2.20. The summed E-state index contributed by atoms with van der Waals surface area (Å²) in [4.78, 5) is 17.0. The zero-order valence-electron chi connectivity index (χ0n) is 18.3. The summed E-state index contributed by atoms with van der Waals surface area (Å²) in [7, 11) is 3.78. The van der Waals surface area contributed by atoms with Gasteiger partial charge in [0.2, 0.25) is 5.91 Å². The molecule has 1 atom stereocenters. The van der Waals surface area contributed by atoms with Crippen LogP contribution in [0.3, 0.4) is 0 Å². The summed E-state index contributed by atoms with van der Waals surface area (Å²) < 4.78 is 0. The van der Waals surface area contributed by atoms with Gasteiger partial charge in [-0.3, -0.25) is 32.4 Å². The Hall–Kier alpha value is -3.15. The quantitative estimate of drug-likeness (QED) is 0.266. The number of carbonyl (C=O) groups is 1. The molecule has 1 amide bonds. The number of nitrogens with two attached hydrogens (primary N) is 3. The molecule has 1 aliphatic rings. The molecule has 0 saturated heterocycles. The topological polar surface area (TPSA) is 168 Å². The number of hydrogen-bond donors (Lipinski definition) is 7. The van der Waals surface area contributed by atoms with E-state index in [1.54, 1.807) is 24.3 Å². The molecule has 10 heteroatoms. The van der Waals surface area contributed by atoms with Gasteiger partial charge in [-0.1, -0.05) is 42.5 Å². The van der Waals surface area contributed by atoms with E-state index in [1.807, 2.05) is 44.4 Å². The Morgan fingerprint density at radius 2 is 1.75 bits per heavy atom. The van der Waals surface area contributed by atoms with Crippen LogP contribution in [0.4, 0.5) is 5.69 Å². The summed E-state index contributed by atoms with van der Waals surface area (Å²) in [6.07, 6.45) is 0.778. The number of anilines is 1. The van der Waals surface area contributed by atoms with Gasteiger partial charge in [0.15, 0.2) is 0 Å². The van der Waals surface area contributed by atoms with Gasteiger partial charge in [-0.15, -0.1) is 0 Å². The maximum atomic E-state index is 12.5. The molecule has 0 bridgehead atoms. The summed E-state index contributed by atoms with van der Waals surface area (Å²) >= 11 is 0. The standard InChI is InChI=1S/C22H31N9O/c1-26-18(27-2)12-17-20(14-6-4-3-5-7-14)30-31-21(17)28-13-19(32)29-16-10-8-15(9-11-16)22(23,24)25/h3-11,17-18,26-27H,12-13,23-25H2,1-2H3,(H,28,31)(H,29,32). The van der Waals surface area contributed by atoms with Crippen LogP contribution >= 0.6 is 0 Å². The molecule has 10 N–H and O–H groups in total. The van der Waals surface area contributed by atoms with Crippen molar-refractivity contribution in [2.75, 3.05) is 26.0 Å². The number of amides is 1. The first-order valence-electron chi connectivity index (χ1n) is 10.4. The van der Waals surface area contributed by atoms with Crippen LogP contribution in [0.2, 0.25) is 0 Å². The Kier molecular flexibility index (Phi) is 7.67. The molecule has 0 aliphatic carbocycles. The Labute approximate surface area is 187 Å². The molecule has 0 radical (unpaired) electrons. The van der Waals surface area contributed by atoms with Crippen LogP contribution in [0, 0.1) is 5.92 Å². The van der Waals surface area contributed by atoms with E-state index < -0.39 is 5.79 Å². The van der Waals surface area contributed by atoms with Crippen molar-refractivity contribution in [1.29, 1.82) is 0 Å². The van der Waals surface area contributed by atoms with Crippen LogP contribution in [0.5, 0.6) is 0 Å². The monoisotopic (exact) mass is 437 g/mol. The van der Waals surface area contributed by atoms with Gasteiger partial charge in [-0.2, -0.15) is 5.10 Å². The van der Waals surface area contributed by atoms with E-state index in [2.05, 4.69) is 31.5 Å². The lowest BCUT2D eigenvalue weighted by Gasteiger charge is -2.21. The largest absolute Gasteiger partial charge is 0.324 e. The first-order chi connectivity index (χ1) is 15.3. The van der Waals surface area contributed by atoms with Crippen LogP contribution in [0.1, 0.15) is 17.5 Å². The van der Waals surface area contributed by atoms with Crippen molar-refractivity contribution in [3.8, 4) is 0 Å². The number of hydrazone groups is 1. The summed E-state index contributed by atoms with van der Waals surface area (Å²) in [6, 6.07) is 16.7. The number of benzene rings is 2. The number of nitrogens with one attached hydrogen (secondary N) is 4. The fraction of sp³-hybridized carbons (Fsp3) is 0.318. The van der Waals surface area contributed by atoms with Crippen molar-refractivity contribution in [2.45, 2.75) is 18.4 Å². The van der Waals surface area contributed by atoms with E-state index in [9.17, 15) is 4.79 Å². The highest BCUT2D eigenvalue weighted by atomic mass is 16.1. The van der Waals surface area contributed by atoms with Gasteiger partial charge in [0.05, 0.1) is 17.8 Å². The van der Waals surface area contributed by atoms with Crippen LogP contribution in [-0.2, 0) is 10.6 Å². The molecule has 0 fully saturated rings. The molecule has 1 heterocycles. The Balaban J connectivity index is 1.69. The highest BCUT2D eigenvalue weighted by molar-refractivity contribution is 6.18. The average molecular weight is 438 g/mol. The Bertz CT molecular complexity index is 961. The normalized spacial score (nSPS) is 17.4. The average Bonchev–Trinajstić information content (AvgIpc) is 3.18. The van der Waals surface area contributed by atoms with E-state index in [-0.39, 0.29) is 24.5 Å². The minimum atomic E-state index is -1.42. The lowest BCUT2D eigenvalue weighted by atomic mass is 9.92. The van der Waals surface area contributed by atoms with Crippen molar-refractivity contribution < 1.29 is 4.79 Å². The molecule has 0 aromatic heterocycles. The van der Waals surface area contributed by atoms with Gasteiger partial charge < -0.3 is 16.0 Å². The number of rotatable bonds is 9. The fourth-order valence-electron chi connectivity index (χ4n) is 3.46. The SMILES string of the molecule is CNC(CC1C(=NCC(=O)Nc2ccc(C(N)(N)N)cc2)NN=C1c1ccccc1)NC. The number of nitrogens with zero attached hydrogens (tertiary/aromatic N) is 2. The van der Waals surface area contributed by atoms with Crippen LogP contribution in [-0.4, -0.2) is 44.3 Å². The molecule has 0 saturated carbocycles. The predicted octanol–water partition coefficient (Wildman–Crippen LogP) is -0.211.